The van der Waals surface area contributed by atoms with Crippen LogP contribution in [0, 0.1) is 0 Å². The molecule has 51 heavy (non-hydrogen) atoms. The van der Waals surface area contributed by atoms with Gasteiger partial charge >= 0.3 is 0 Å². The van der Waals surface area contributed by atoms with Crippen molar-refractivity contribution >= 4 is 0 Å². The van der Waals surface area contributed by atoms with Crippen LogP contribution in [0.1, 0.15) is 61.4 Å². The molecule has 0 radical (unpaired) electrons. The van der Waals surface area contributed by atoms with Crippen LogP contribution in [0.3, 0.4) is 0 Å². The van der Waals surface area contributed by atoms with E-state index in [2.05, 4.69) is 216 Å². The van der Waals surface area contributed by atoms with Gasteiger partial charge < -0.3 is 0 Å². The van der Waals surface area contributed by atoms with Gasteiger partial charge in [0.1, 0.15) is 0 Å². The SMILES string of the molecule is C/C=C\C(=C\C(C(/C=C\C)=C/C)c1ccccc1)C1(c2ccccc2CC)c2ccccc2-c2ccc(-c3ccc(-c4ccccc4)cc3)cc21. The first-order chi connectivity index (χ1) is 25.1. The second-order valence-electron chi connectivity index (χ2n) is 13.3. The summed E-state index contributed by atoms with van der Waals surface area (Å²) in [6, 6.07) is 56.0. The summed E-state index contributed by atoms with van der Waals surface area (Å²) >= 11 is 0. The van der Waals surface area contributed by atoms with E-state index in [9.17, 15) is 0 Å². The second kappa shape index (κ2) is 15.0. The summed E-state index contributed by atoms with van der Waals surface area (Å²) in [5, 5.41) is 0. The minimum atomic E-state index is -0.535. The molecule has 250 valence electrons. The van der Waals surface area contributed by atoms with Crippen LogP contribution in [-0.2, 0) is 11.8 Å². The van der Waals surface area contributed by atoms with Crippen LogP contribution in [0.5, 0.6) is 0 Å². The lowest BCUT2D eigenvalue weighted by atomic mass is 9.64. The molecule has 0 spiro atoms. The van der Waals surface area contributed by atoms with E-state index in [1.54, 1.807) is 0 Å². The predicted octanol–water partition coefficient (Wildman–Crippen LogP) is 13.7. The van der Waals surface area contributed by atoms with Gasteiger partial charge in [-0.2, -0.15) is 0 Å². The number of fused-ring (bicyclic) bond motifs is 3. The lowest BCUT2D eigenvalue weighted by molar-refractivity contribution is 0.743. The second-order valence-corrected chi connectivity index (χ2v) is 13.3. The summed E-state index contributed by atoms with van der Waals surface area (Å²) < 4.78 is 0. The van der Waals surface area contributed by atoms with E-state index < -0.39 is 5.41 Å². The molecular formula is C51H46. The Morgan fingerprint density at radius 3 is 1.75 bits per heavy atom. The highest BCUT2D eigenvalue weighted by atomic mass is 14.5. The minimum absolute atomic E-state index is 0.0641. The Hall–Kier alpha value is -5.72. The normalized spacial score (nSPS) is 16.4. The van der Waals surface area contributed by atoms with Crippen LogP contribution in [0.4, 0.5) is 0 Å². The highest BCUT2D eigenvalue weighted by Gasteiger charge is 2.48. The van der Waals surface area contributed by atoms with Crippen LogP contribution >= 0.6 is 0 Å². The molecule has 0 N–H and O–H groups in total. The van der Waals surface area contributed by atoms with Crippen LogP contribution in [0.15, 0.2) is 199 Å². The van der Waals surface area contributed by atoms with Gasteiger partial charge in [0.2, 0.25) is 0 Å². The highest BCUT2D eigenvalue weighted by Crippen LogP contribution is 2.58. The molecule has 2 atom stereocenters. The third-order valence-corrected chi connectivity index (χ3v) is 10.5. The van der Waals surface area contributed by atoms with E-state index in [0.717, 1.165) is 6.42 Å². The molecule has 0 heterocycles. The number of benzene rings is 6. The monoisotopic (exact) mass is 658 g/mol. The van der Waals surface area contributed by atoms with Crippen molar-refractivity contribution in [2.45, 2.75) is 45.4 Å². The largest absolute Gasteiger partial charge is 0.0874 e. The van der Waals surface area contributed by atoms with Gasteiger partial charge in [0.15, 0.2) is 0 Å². The van der Waals surface area contributed by atoms with Crippen molar-refractivity contribution in [1.82, 2.24) is 0 Å². The molecular weight excluding hydrogens is 613 g/mol. The molecule has 0 fully saturated rings. The molecule has 0 bridgehead atoms. The van der Waals surface area contributed by atoms with Gasteiger partial charge in [0.05, 0.1) is 5.41 Å². The number of aryl methyl sites for hydroxylation is 1. The van der Waals surface area contributed by atoms with E-state index >= 15 is 0 Å². The molecule has 6 aromatic carbocycles. The van der Waals surface area contributed by atoms with E-state index in [-0.39, 0.29) is 5.92 Å². The summed E-state index contributed by atoms with van der Waals surface area (Å²) in [7, 11) is 0. The maximum Gasteiger partial charge on any atom is 0.0713 e. The maximum absolute atomic E-state index is 2.55. The molecule has 1 aliphatic carbocycles. The lowest BCUT2D eigenvalue weighted by Crippen LogP contribution is -2.31. The molecule has 7 rings (SSSR count). The average Bonchev–Trinajstić information content (AvgIpc) is 3.49. The van der Waals surface area contributed by atoms with Gasteiger partial charge in [0.25, 0.3) is 0 Å². The van der Waals surface area contributed by atoms with E-state index in [1.165, 1.54) is 72.3 Å². The van der Waals surface area contributed by atoms with Crippen LogP contribution < -0.4 is 0 Å². The molecule has 0 nitrogen and oxygen atoms in total. The molecule has 0 amide bonds. The Morgan fingerprint density at radius 2 is 1.08 bits per heavy atom. The number of rotatable bonds is 10. The maximum atomic E-state index is 2.55. The summed E-state index contributed by atoms with van der Waals surface area (Å²) in [4.78, 5) is 0. The Morgan fingerprint density at radius 1 is 0.529 bits per heavy atom. The van der Waals surface area contributed by atoms with Crippen LogP contribution in [0.25, 0.3) is 33.4 Å². The van der Waals surface area contributed by atoms with Gasteiger partial charge in [-0.05, 0) is 106 Å². The van der Waals surface area contributed by atoms with Gasteiger partial charge in [-0.1, -0.05) is 189 Å². The van der Waals surface area contributed by atoms with E-state index in [1.807, 2.05) is 0 Å². The van der Waals surface area contributed by atoms with E-state index in [4.69, 9.17) is 0 Å². The number of hydrogen-bond acceptors (Lipinski definition) is 0. The molecule has 0 aliphatic heterocycles. The predicted molar refractivity (Wildman–Crippen MR) is 219 cm³/mol. The first-order valence-electron chi connectivity index (χ1n) is 18.3. The van der Waals surface area contributed by atoms with Crippen molar-refractivity contribution in [3.05, 3.63) is 227 Å². The fourth-order valence-electron chi connectivity index (χ4n) is 8.18. The quantitative estimate of drug-likeness (QED) is 0.129. The summed E-state index contributed by atoms with van der Waals surface area (Å²) in [6.45, 7) is 8.71. The van der Waals surface area contributed by atoms with Crippen molar-refractivity contribution in [2.75, 3.05) is 0 Å². The van der Waals surface area contributed by atoms with Crippen LogP contribution in [0.2, 0.25) is 0 Å². The number of hydrogen-bond donors (Lipinski definition) is 0. The number of allylic oxidation sites excluding steroid dienone is 8. The van der Waals surface area contributed by atoms with Crippen molar-refractivity contribution in [1.29, 1.82) is 0 Å². The van der Waals surface area contributed by atoms with Crippen molar-refractivity contribution in [3.63, 3.8) is 0 Å². The van der Waals surface area contributed by atoms with Gasteiger partial charge in [0, 0.05) is 5.92 Å². The summed E-state index contributed by atoms with van der Waals surface area (Å²) in [5.41, 5.74) is 16.2. The average molecular weight is 659 g/mol. The Bertz CT molecular complexity index is 2240. The third kappa shape index (κ3) is 6.17. The third-order valence-electron chi connectivity index (χ3n) is 10.5. The van der Waals surface area contributed by atoms with Crippen molar-refractivity contribution in [3.8, 4) is 33.4 Å². The molecule has 0 heteroatoms. The van der Waals surface area contributed by atoms with Gasteiger partial charge in [-0.25, -0.2) is 0 Å². The zero-order valence-electron chi connectivity index (χ0n) is 30.2. The zero-order chi connectivity index (χ0) is 35.2. The highest BCUT2D eigenvalue weighted by molar-refractivity contribution is 5.89. The first-order valence-corrected chi connectivity index (χ1v) is 18.3. The minimum Gasteiger partial charge on any atom is -0.0874 e. The van der Waals surface area contributed by atoms with Crippen molar-refractivity contribution < 1.29 is 0 Å². The molecule has 1 aliphatic rings. The summed E-state index contributed by atoms with van der Waals surface area (Å²) in [6.07, 6.45) is 14.8. The van der Waals surface area contributed by atoms with Crippen molar-refractivity contribution in [2.24, 2.45) is 0 Å². The standard InChI is InChI=1S/C51H46/c1-5-19-37(7-3)47(42-24-13-10-14-25-42)36-44(20-6-2)51(48-27-17-15-21-38(48)8-4)49-28-18-16-26-45(49)46-34-33-43(35-50(46)51)41-31-29-40(30-32-41)39-22-11-9-12-23-39/h5-7,9-36,47H,8H2,1-4H3/b19-5-,20-6-,37-7+,44-36-. The van der Waals surface area contributed by atoms with Gasteiger partial charge in [-0.15, -0.1) is 0 Å². The lowest BCUT2D eigenvalue weighted by Gasteiger charge is -2.37. The van der Waals surface area contributed by atoms with Gasteiger partial charge in [-0.3, -0.25) is 0 Å². The molecule has 0 saturated heterocycles. The Balaban J connectivity index is 1.54. The molecule has 2 unspecified atom stereocenters. The Labute approximate surface area is 304 Å². The molecule has 0 saturated carbocycles. The molecule has 6 aromatic rings. The fraction of sp³-hybridized carbons (Fsp3) is 0.137. The van der Waals surface area contributed by atoms with Crippen LogP contribution in [-0.4, -0.2) is 0 Å². The molecule has 0 aromatic heterocycles. The summed E-state index contributed by atoms with van der Waals surface area (Å²) in [5.74, 6) is 0.0641. The first kappa shape index (κ1) is 33.8. The Kier molecular flexibility index (Phi) is 9.95. The van der Waals surface area contributed by atoms with E-state index in [0.29, 0.717) is 0 Å². The zero-order valence-corrected chi connectivity index (χ0v) is 30.2. The fourth-order valence-corrected chi connectivity index (χ4v) is 8.18. The smallest absolute Gasteiger partial charge is 0.0713 e. The topological polar surface area (TPSA) is 0 Å².